The van der Waals surface area contributed by atoms with Crippen LogP contribution in [0.4, 0.5) is 16.9 Å². The number of aliphatic hydroxyl groups excluding tert-OH is 1. The highest BCUT2D eigenvalue weighted by molar-refractivity contribution is 7.18. The zero-order valence-corrected chi connectivity index (χ0v) is 20.0. The fourth-order valence-electron chi connectivity index (χ4n) is 4.27. The minimum atomic E-state index is 0.0629. The normalized spacial score (nSPS) is 15.6. The number of thiazole rings is 1. The van der Waals surface area contributed by atoms with E-state index in [4.69, 9.17) is 19.2 Å². The molecule has 0 saturated carbocycles. The smallest absolute Gasteiger partial charge is 0.249 e. The number of nitrogens with zero attached hydrogens (tertiary/aromatic N) is 5. The van der Waals surface area contributed by atoms with Crippen molar-refractivity contribution in [1.29, 1.82) is 0 Å². The summed E-state index contributed by atoms with van der Waals surface area (Å²) < 4.78 is 18.2. The van der Waals surface area contributed by atoms with Crippen molar-refractivity contribution in [3.8, 4) is 27.7 Å². The van der Waals surface area contributed by atoms with E-state index < -0.39 is 0 Å². The third-order valence-electron chi connectivity index (χ3n) is 5.91. The SMILES string of the molecule is COc1cc(-c2cnc(Nc3nc(N4CCC[C@H]4CO)c4cccn4n3)s2)cc(OC)c1OC. The standard InChI is InChI=1S/C23H26N6O4S/c1-31-17-10-14(11-18(32-2)20(17)33-3)19-12-24-23(34-19)26-22-25-21(16-7-5-9-29(16)27-22)28-8-4-6-15(28)13-30/h5,7,9-12,15,30H,4,6,8,13H2,1-3H3,(H,24,26,27)/t15-/m0/s1. The lowest BCUT2D eigenvalue weighted by molar-refractivity contribution is 0.266. The number of anilines is 3. The van der Waals surface area contributed by atoms with Crippen molar-refractivity contribution in [3.63, 3.8) is 0 Å². The van der Waals surface area contributed by atoms with Gasteiger partial charge in [-0.2, -0.15) is 4.98 Å². The van der Waals surface area contributed by atoms with Gasteiger partial charge in [0.15, 0.2) is 22.4 Å². The quantitative estimate of drug-likeness (QED) is 0.390. The Morgan fingerprint density at radius 1 is 1.18 bits per heavy atom. The average molecular weight is 483 g/mol. The zero-order chi connectivity index (χ0) is 23.7. The molecule has 1 saturated heterocycles. The Bertz CT molecular complexity index is 1280. The summed E-state index contributed by atoms with van der Waals surface area (Å²) in [5.74, 6) is 2.94. The highest BCUT2D eigenvalue weighted by Crippen LogP contribution is 2.43. The molecule has 4 heterocycles. The van der Waals surface area contributed by atoms with Gasteiger partial charge in [0.25, 0.3) is 0 Å². The minimum absolute atomic E-state index is 0.0629. The molecule has 0 bridgehead atoms. The molecule has 4 aromatic rings. The topological polar surface area (TPSA) is 106 Å². The molecule has 5 rings (SSSR count). The molecule has 1 aliphatic heterocycles. The number of rotatable bonds is 8. The molecule has 1 aromatic carbocycles. The predicted molar refractivity (Wildman–Crippen MR) is 131 cm³/mol. The van der Waals surface area contributed by atoms with Gasteiger partial charge in [-0.1, -0.05) is 11.3 Å². The summed E-state index contributed by atoms with van der Waals surface area (Å²) in [6.07, 6.45) is 5.64. The second-order valence-electron chi connectivity index (χ2n) is 7.84. The lowest BCUT2D eigenvalue weighted by atomic mass is 10.1. The number of aromatic nitrogens is 4. The van der Waals surface area contributed by atoms with Gasteiger partial charge in [0.2, 0.25) is 11.7 Å². The van der Waals surface area contributed by atoms with Gasteiger partial charge in [0.1, 0.15) is 5.52 Å². The van der Waals surface area contributed by atoms with Crippen LogP contribution in [0.15, 0.2) is 36.7 Å². The van der Waals surface area contributed by atoms with E-state index in [9.17, 15) is 5.11 Å². The number of aliphatic hydroxyl groups is 1. The van der Waals surface area contributed by atoms with E-state index in [1.807, 2.05) is 30.5 Å². The molecule has 34 heavy (non-hydrogen) atoms. The van der Waals surface area contributed by atoms with Gasteiger partial charge in [0, 0.05) is 24.5 Å². The van der Waals surface area contributed by atoms with Crippen LogP contribution < -0.4 is 24.4 Å². The van der Waals surface area contributed by atoms with Crippen molar-refractivity contribution in [2.75, 3.05) is 44.7 Å². The van der Waals surface area contributed by atoms with Crippen LogP contribution >= 0.6 is 11.3 Å². The number of fused-ring (bicyclic) bond motifs is 1. The van der Waals surface area contributed by atoms with E-state index in [1.165, 1.54) is 11.3 Å². The number of methoxy groups -OCH3 is 3. The lowest BCUT2D eigenvalue weighted by Gasteiger charge is -2.25. The molecule has 1 atom stereocenters. The summed E-state index contributed by atoms with van der Waals surface area (Å²) in [6.45, 7) is 0.954. The van der Waals surface area contributed by atoms with Gasteiger partial charge in [0.05, 0.1) is 38.9 Å². The largest absolute Gasteiger partial charge is 0.493 e. The van der Waals surface area contributed by atoms with Crippen molar-refractivity contribution in [2.24, 2.45) is 0 Å². The number of hydrogen-bond donors (Lipinski definition) is 2. The summed E-state index contributed by atoms with van der Waals surface area (Å²) in [6, 6.07) is 7.77. The zero-order valence-electron chi connectivity index (χ0n) is 19.2. The monoisotopic (exact) mass is 482 g/mol. The Labute approximate surface area is 200 Å². The molecule has 10 nitrogen and oxygen atoms in total. The van der Waals surface area contributed by atoms with Gasteiger partial charge in [-0.15, -0.1) is 5.10 Å². The van der Waals surface area contributed by atoms with Crippen molar-refractivity contribution < 1.29 is 19.3 Å². The molecule has 1 aliphatic rings. The molecule has 0 aliphatic carbocycles. The maximum absolute atomic E-state index is 9.80. The lowest BCUT2D eigenvalue weighted by Crippen LogP contribution is -2.33. The van der Waals surface area contributed by atoms with E-state index in [0.717, 1.165) is 41.2 Å². The first kappa shape index (κ1) is 22.2. The van der Waals surface area contributed by atoms with Gasteiger partial charge < -0.3 is 24.2 Å². The molecule has 0 amide bonds. The molecule has 11 heteroatoms. The molecule has 0 spiro atoms. The van der Waals surface area contributed by atoms with Crippen LogP contribution in [0.3, 0.4) is 0 Å². The van der Waals surface area contributed by atoms with Crippen molar-refractivity contribution in [1.82, 2.24) is 19.6 Å². The summed E-state index contributed by atoms with van der Waals surface area (Å²) in [5, 5.41) is 18.3. The first-order valence-electron chi connectivity index (χ1n) is 10.9. The van der Waals surface area contributed by atoms with E-state index >= 15 is 0 Å². The summed E-state index contributed by atoms with van der Waals surface area (Å²) in [4.78, 5) is 12.4. The fourth-order valence-corrected chi connectivity index (χ4v) is 5.07. The maximum atomic E-state index is 9.80. The minimum Gasteiger partial charge on any atom is -0.493 e. The van der Waals surface area contributed by atoms with E-state index in [1.54, 1.807) is 32.0 Å². The van der Waals surface area contributed by atoms with Crippen LogP contribution in [0.5, 0.6) is 17.2 Å². The summed E-state index contributed by atoms with van der Waals surface area (Å²) in [5.41, 5.74) is 1.80. The molecule has 1 fully saturated rings. The van der Waals surface area contributed by atoms with Crippen LogP contribution in [-0.2, 0) is 0 Å². The highest BCUT2D eigenvalue weighted by Gasteiger charge is 2.27. The van der Waals surface area contributed by atoms with Crippen molar-refractivity contribution >= 4 is 33.8 Å². The van der Waals surface area contributed by atoms with E-state index in [2.05, 4.69) is 20.3 Å². The molecule has 0 unspecified atom stereocenters. The fraction of sp³-hybridized carbons (Fsp3) is 0.348. The Balaban J connectivity index is 1.46. The molecular weight excluding hydrogens is 456 g/mol. The van der Waals surface area contributed by atoms with E-state index in [-0.39, 0.29) is 12.6 Å². The Hall–Kier alpha value is -3.57. The molecule has 0 radical (unpaired) electrons. The summed E-state index contributed by atoms with van der Waals surface area (Å²) in [7, 11) is 4.76. The Kier molecular flexibility index (Phi) is 6.12. The Morgan fingerprint density at radius 2 is 1.97 bits per heavy atom. The number of hydrogen-bond acceptors (Lipinski definition) is 10. The molecule has 3 aromatic heterocycles. The van der Waals surface area contributed by atoms with Crippen LogP contribution in [0.2, 0.25) is 0 Å². The van der Waals surface area contributed by atoms with E-state index in [0.29, 0.717) is 28.3 Å². The summed E-state index contributed by atoms with van der Waals surface area (Å²) >= 11 is 1.47. The van der Waals surface area contributed by atoms with Gasteiger partial charge in [-0.3, -0.25) is 5.32 Å². The first-order chi connectivity index (χ1) is 16.6. The van der Waals surface area contributed by atoms with Crippen molar-refractivity contribution in [2.45, 2.75) is 18.9 Å². The van der Waals surface area contributed by atoms with Crippen LogP contribution in [-0.4, -0.2) is 65.2 Å². The molecular formula is C23H26N6O4S. The first-order valence-corrected chi connectivity index (χ1v) is 11.7. The molecule has 2 N–H and O–H groups in total. The van der Waals surface area contributed by atoms with Gasteiger partial charge >= 0.3 is 0 Å². The predicted octanol–water partition coefficient (Wildman–Crippen LogP) is 3.58. The number of nitrogens with one attached hydrogen (secondary N) is 1. The van der Waals surface area contributed by atoms with Gasteiger partial charge in [-0.25, -0.2) is 9.50 Å². The highest BCUT2D eigenvalue weighted by atomic mass is 32.1. The Morgan fingerprint density at radius 3 is 2.68 bits per heavy atom. The third kappa shape index (κ3) is 3.97. The average Bonchev–Trinajstić information content (AvgIpc) is 3.63. The van der Waals surface area contributed by atoms with Gasteiger partial charge in [-0.05, 0) is 37.1 Å². The van der Waals surface area contributed by atoms with Crippen molar-refractivity contribution in [3.05, 3.63) is 36.7 Å². The third-order valence-corrected chi connectivity index (χ3v) is 6.87. The second kappa shape index (κ2) is 9.35. The molecule has 178 valence electrons. The maximum Gasteiger partial charge on any atom is 0.249 e. The second-order valence-corrected chi connectivity index (χ2v) is 8.87. The van der Waals surface area contributed by atoms with Crippen LogP contribution in [0, 0.1) is 0 Å². The number of ether oxygens (including phenoxy) is 3. The number of benzene rings is 1. The van der Waals surface area contributed by atoms with Crippen LogP contribution in [0.25, 0.3) is 16.0 Å². The van der Waals surface area contributed by atoms with Crippen LogP contribution in [0.1, 0.15) is 12.8 Å².